The van der Waals surface area contributed by atoms with Crippen molar-refractivity contribution >= 4 is 17.0 Å². The third kappa shape index (κ3) is 4.98. The van der Waals surface area contributed by atoms with E-state index in [0.717, 1.165) is 69.8 Å². The van der Waals surface area contributed by atoms with Gasteiger partial charge in [0.2, 0.25) is 0 Å². The molecule has 3 aromatic heterocycles. The van der Waals surface area contributed by atoms with E-state index < -0.39 is 17.3 Å². The predicted molar refractivity (Wildman–Crippen MR) is 149 cm³/mol. The molecule has 1 N–H and O–H groups in total. The van der Waals surface area contributed by atoms with Crippen molar-refractivity contribution < 1.29 is 14.6 Å². The van der Waals surface area contributed by atoms with Crippen LogP contribution < -0.4 is 4.74 Å². The zero-order valence-electron chi connectivity index (χ0n) is 23.5. The largest absolute Gasteiger partial charge is 0.489 e. The Kier molecular flexibility index (Phi) is 7.11. The summed E-state index contributed by atoms with van der Waals surface area (Å²) >= 11 is 0. The summed E-state index contributed by atoms with van der Waals surface area (Å²) in [6.45, 7) is 11.9. The van der Waals surface area contributed by atoms with Crippen LogP contribution in [-0.4, -0.2) is 53.6 Å². The van der Waals surface area contributed by atoms with E-state index in [0.29, 0.717) is 6.54 Å². The maximum atomic E-state index is 12.6. The van der Waals surface area contributed by atoms with Gasteiger partial charge in [-0.25, -0.2) is 4.68 Å². The van der Waals surface area contributed by atoms with E-state index in [2.05, 4.69) is 33.2 Å². The Hall–Kier alpha value is -3.85. The summed E-state index contributed by atoms with van der Waals surface area (Å²) in [5.74, 6) is -0.414. The number of aryl methyl sites for hydroxylation is 3. The Morgan fingerprint density at radius 1 is 1.23 bits per heavy atom. The standard InChI is InChI=1S/C30H36N6O3/c1-7-23-17-36(16-22-13-31-11-10-26(22)39-23)15-21-12-20(14-32-19(21)3)27(30(4,5)29(37)38)24-8-9-25-28(18(24)2)33-34-35(25)6/h8-14,23,27H,7,15-17H2,1-6H3,(H,37,38). The molecule has 9 nitrogen and oxygen atoms in total. The third-order valence-corrected chi connectivity index (χ3v) is 8.07. The number of nitrogens with zero attached hydrogens (tertiary/aromatic N) is 6. The Labute approximate surface area is 228 Å². The van der Waals surface area contributed by atoms with Gasteiger partial charge < -0.3 is 9.84 Å². The molecule has 2 atom stereocenters. The fourth-order valence-corrected chi connectivity index (χ4v) is 5.62. The van der Waals surface area contributed by atoms with Crippen molar-refractivity contribution in [1.82, 2.24) is 29.9 Å². The minimum atomic E-state index is -1.09. The summed E-state index contributed by atoms with van der Waals surface area (Å²) in [4.78, 5) is 24.0. The molecule has 4 aromatic rings. The van der Waals surface area contributed by atoms with Crippen molar-refractivity contribution in [2.45, 2.75) is 66.2 Å². The second kappa shape index (κ2) is 10.4. The molecule has 0 radical (unpaired) electrons. The number of aromatic nitrogens is 5. The van der Waals surface area contributed by atoms with Gasteiger partial charge in [-0.15, -0.1) is 5.10 Å². The Balaban J connectivity index is 1.56. The van der Waals surface area contributed by atoms with E-state index in [4.69, 9.17) is 9.72 Å². The van der Waals surface area contributed by atoms with Crippen LogP contribution in [0.1, 0.15) is 66.6 Å². The molecule has 0 amide bonds. The van der Waals surface area contributed by atoms with Crippen LogP contribution in [0.25, 0.3) is 11.0 Å². The molecule has 4 heterocycles. The lowest BCUT2D eigenvalue weighted by molar-refractivity contribution is -0.147. The van der Waals surface area contributed by atoms with Crippen molar-refractivity contribution in [2.75, 3.05) is 6.54 Å². The normalized spacial score (nSPS) is 16.9. The van der Waals surface area contributed by atoms with Gasteiger partial charge in [0.25, 0.3) is 0 Å². The van der Waals surface area contributed by atoms with E-state index in [9.17, 15) is 9.90 Å². The number of carboxylic acid groups (broad SMARTS) is 1. The summed E-state index contributed by atoms with van der Waals surface area (Å²) in [5.41, 5.74) is 6.38. The average molecular weight is 529 g/mol. The molecular weight excluding hydrogens is 492 g/mol. The molecule has 1 aromatic carbocycles. The molecule has 0 bridgehead atoms. The number of hydrogen-bond donors (Lipinski definition) is 1. The number of carboxylic acids is 1. The molecule has 2 unspecified atom stereocenters. The van der Waals surface area contributed by atoms with Gasteiger partial charge in [-0.1, -0.05) is 24.3 Å². The summed E-state index contributed by atoms with van der Waals surface area (Å²) < 4.78 is 8.00. The van der Waals surface area contributed by atoms with Gasteiger partial charge >= 0.3 is 5.97 Å². The zero-order chi connectivity index (χ0) is 27.9. The molecule has 39 heavy (non-hydrogen) atoms. The number of carbonyl (C=O) groups is 1. The first-order chi connectivity index (χ1) is 18.6. The summed E-state index contributed by atoms with van der Waals surface area (Å²) in [6, 6.07) is 8.05. The second-order valence-electron chi connectivity index (χ2n) is 11.1. The average Bonchev–Trinajstić information content (AvgIpc) is 3.18. The molecule has 0 spiro atoms. The lowest BCUT2D eigenvalue weighted by atomic mass is 9.70. The van der Waals surface area contributed by atoms with Gasteiger partial charge in [-0.3, -0.25) is 19.7 Å². The number of fused-ring (bicyclic) bond motifs is 2. The van der Waals surface area contributed by atoms with Crippen molar-refractivity contribution in [1.29, 1.82) is 0 Å². The highest BCUT2D eigenvalue weighted by molar-refractivity contribution is 5.81. The van der Waals surface area contributed by atoms with Gasteiger partial charge in [-0.05, 0) is 68.5 Å². The van der Waals surface area contributed by atoms with Crippen LogP contribution in [0.5, 0.6) is 5.75 Å². The first kappa shape index (κ1) is 26.7. The number of hydrogen-bond acceptors (Lipinski definition) is 7. The monoisotopic (exact) mass is 528 g/mol. The molecule has 204 valence electrons. The van der Waals surface area contributed by atoms with Gasteiger partial charge in [0.15, 0.2) is 0 Å². The maximum absolute atomic E-state index is 12.6. The van der Waals surface area contributed by atoms with Crippen LogP contribution in [-0.2, 0) is 24.9 Å². The number of pyridine rings is 2. The molecule has 9 heteroatoms. The van der Waals surface area contributed by atoms with Gasteiger partial charge in [0, 0.05) is 62.4 Å². The van der Waals surface area contributed by atoms with E-state index in [-0.39, 0.29) is 6.10 Å². The van der Waals surface area contributed by atoms with Crippen molar-refractivity contribution in [3.05, 3.63) is 76.4 Å². The van der Waals surface area contributed by atoms with E-state index in [1.165, 1.54) is 0 Å². The fraction of sp³-hybridized carbons (Fsp3) is 0.433. The Morgan fingerprint density at radius 3 is 2.77 bits per heavy atom. The molecule has 0 fully saturated rings. The molecule has 0 aliphatic carbocycles. The minimum absolute atomic E-state index is 0.0742. The van der Waals surface area contributed by atoms with Crippen molar-refractivity contribution in [3.8, 4) is 5.75 Å². The third-order valence-electron chi connectivity index (χ3n) is 8.07. The van der Waals surface area contributed by atoms with Crippen LogP contribution in [0.15, 0.2) is 42.9 Å². The number of ether oxygens (including phenoxy) is 1. The lowest BCUT2D eigenvalue weighted by Crippen LogP contribution is -2.33. The highest BCUT2D eigenvalue weighted by atomic mass is 16.5. The van der Waals surface area contributed by atoms with Crippen molar-refractivity contribution in [2.24, 2.45) is 12.5 Å². The van der Waals surface area contributed by atoms with Crippen LogP contribution in [0.3, 0.4) is 0 Å². The number of benzene rings is 1. The molecule has 1 aliphatic rings. The van der Waals surface area contributed by atoms with Gasteiger partial charge in [0.1, 0.15) is 17.4 Å². The Morgan fingerprint density at radius 2 is 2.03 bits per heavy atom. The van der Waals surface area contributed by atoms with E-state index in [1.807, 2.05) is 51.5 Å². The quantitative estimate of drug-likeness (QED) is 0.365. The van der Waals surface area contributed by atoms with Crippen LogP contribution in [0.2, 0.25) is 0 Å². The number of aliphatic carboxylic acids is 1. The second-order valence-corrected chi connectivity index (χ2v) is 11.1. The molecule has 0 saturated heterocycles. The molecule has 5 rings (SSSR count). The Bertz CT molecular complexity index is 1530. The van der Waals surface area contributed by atoms with E-state index in [1.54, 1.807) is 24.7 Å². The SMILES string of the molecule is CCC1CN(Cc2cc(C(c3ccc4c(nnn4C)c3C)C(C)(C)C(=O)O)cnc2C)Cc2cnccc2O1. The highest BCUT2D eigenvalue weighted by Crippen LogP contribution is 2.44. The summed E-state index contributed by atoms with van der Waals surface area (Å²) in [7, 11) is 1.86. The topological polar surface area (TPSA) is 106 Å². The van der Waals surface area contributed by atoms with Crippen LogP contribution in [0, 0.1) is 19.3 Å². The van der Waals surface area contributed by atoms with E-state index >= 15 is 0 Å². The van der Waals surface area contributed by atoms with Crippen molar-refractivity contribution in [3.63, 3.8) is 0 Å². The molecular formula is C30H36N6O3. The first-order valence-corrected chi connectivity index (χ1v) is 13.4. The van der Waals surface area contributed by atoms with Gasteiger partial charge in [0.05, 0.1) is 10.9 Å². The first-order valence-electron chi connectivity index (χ1n) is 13.4. The van der Waals surface area contributed by atoms with Crippen LogP contribution >= 0.6 is 0 Å². The smallest absolute Gasteiger partial charge is 0.310 e. The molecule has 1 aliphatic heterocycles. The molecule has 0 saturated carbocycles. The summed E-state index contributed by atoms with van der Waals surface area (Å²) in [5, 5.41) is 18.9. The van der Waals surface area contributed by atoms with Crippen LogP contribution in [0.4, 0.5) is 0 Å². The predicted octanol–water partition coefficient (Wildman–Crippen LogP) is 4.79. The maximum Gasteiger partial charge on any atom is 0.310 e. The lowest BCUT2D eigenvalue weighted by Gasteiger charge is -2.33. The summed E-state index contributed by atoms with van der Waals surface area (Å²) in [6.07, 6.45) is 6.44. The number of rotatable bonds is 7. The zero-order valence-corrected chi connectivity index (χ0v) is 23.5. The van der Waals surface area contributed by atoms with Gasteiger partial charge in [-0.2, -0.15) is 0 Å². The minimum Gasteiger partial charge on any atom is -0.489 e. The fourth-order valence-electron chi connectivity index (χ4n) is 5.62. The highest BCUT2D eigenvalue weighted by Gasteiger charge is 2.40.